The van der Waals surface area contributed by atoms with Gasteiger partial charge < -0.3 is 14.9 Å². The predicted octanol–water partition coefficient (Wildman–Crippen LogP) is 0.823. The van der Waals surface area contributed by atoms with Crippen LogP contribution in [-0.2, 0) is 10.0 Å². The number of rotatable bonds is 3. The maximum atomic E-state index is 12.8. The number of amides is 1. The first-order valence-electron chi connectivity index (χ1n) is 8.26. The average Bonchev–Trinajstić information content (AvgIpc) is 3.27. The van der Waals surface area contributed by atoms with Crippen molar-refractivity contribution < 1.29 is 13.2 Å². The molecule has 0 bridgehead atoms. The highest BCUT2D eigenvalue weighted by molar-refractivity contribution is 7.89. The molecular formula is C16H18N6O3S. The summed E-state index contributed by atoms with van der Waals surface area (Å²) in [5, 5.41) is 0.0713. The molecule has 1 aromatic carbocycles. The van der Waals surface area contributed by atoms with Crippen LogP contribution in [0.1, 0.15) is 16.8 Å². The Hall–Kier alpha value is -2.72. The zero-order valence-corrected chi connectivity index (χ0v) is 14.7. The van der Waals surface area contributed by atoms with Crippen molar-refractivity contribution in [2.24, 2.45) is 0 Å². The minimum Gasteiger partial charge on any atom is -0.345 e. The summed E-state index contributed by atoms with van der Waals surface area (Å²) in [6, 6.07) is 5.32. The minimum absolute atomic E-state index is 0.0713. The van der Waals surface area contributed by atoms with E-state index in [0.29, 0.717) is 31.6 Å². The zero-order chi connectivity index (χ0) is 18.1. The molecule has 1 aliphatic rings. The maximum Gasteiger partial charge on any atom is 0.260 e. The monoisotopic (exact) mass is 374 g/mol. The summed E-state index contributed by atoms with van der Waals surface area (Å²) in [4.78, 5) is 28.1. The Bertz CT molecular complexity index is 1030. The molecule has 4 rings (SSSR count). The molecule has 3 heterocycles. The normalized spacial score (nSPS) is 16.7. The Morgan fingerprint density at radius 1 is 1.08 bits per heavy atom. The van der Waals surface area contributed by atoms with Gasteiger partial charge in [-0.05, 0) is 24.6 Å². The van der Waals surface area contributed by atoms with Crippen LogP contribution in [0.4, 0.5) is 0 Å². The molecule has 1 saturated heterocycles. The van der Waals surface area contributed by atoms with Crippen molar-refractivity contribution in [2.45, 2.75) is 11.4 Å². The van der Waals surface area contributed by atoms with E-state index in [9.17, 15) is 13.2 Å². The molecule has 3 aromatic rings. The van der Waals surface area contributed by atoms with Crippen molar-refractivity contribution in [2.75, 3.05) is 26.2 Å². The standard InChI is InChI=1S/C16H18N6O3S/c23-16(12-2-3-13-14(8-12)19-11-18-13)21-4-1-5-22(7-6-21)26(24,25)15-9-17-10-20-15/h2-3,8-11H,1,4-7H2,(H,17,20)(H,18,19). The molecule has 10 heteroatoms. The molecule has 9 nitrogen and oxygen atoms in total. The summed E-state index contributed by atoms with van der Waals surface area (Å²) in [6.07, 6.45) is 4.79. The number of hydrogen-bond acceptors (Lipinski definition) is 5. The number of carbonyl (C=O) groups excluding carboxylic acids is 1. The quantitative estimate of drug-likeness (QED) is 0.704. The van der Waals surface area contributed by atoms with Crippen LogP contribution < -0.4 is 0 Å². The fourth-order valence-corrected chi connectivity index (χ4v) is 4.48. The van der Waals surface area contributed by atoms with Gasteiger partial charge in [0.05, 0.1) is 29.9 Å². The average molecular weight is 374 g/mol. The van der Waals surface area contributed by atoms with Crippen molar-refractivity contribution >= 4 is 27.0 Å². The van der Waals surface area contributed by atoms with Crippen LogP contribution in [0.2, 0.25) is 0 Å². The predicted molar refractivity (Wildman–Crippen MR) is 94.0 cm³/mol. The number of nitrogens with zero attached hydrogens (tertiary/aromatic N) is 4. The van der Waals surface area contributed by atoms with Gasteiger partial charge in [0.25, 0.3) is 15.9 Å². The summed E-state index contributed by atoms with van der Waals surface area (Å²) in [5.74, 6) is -0.109. The molecule has 1 amide bonds. The Morgan fingerprint density at radius 3 is 2.77 bits per heavy atom. The molecule has 0 atom stereocenters. The molecule has 0 spiro atoms. The highest BCUT2D eigenvalue weighted by Crippen LogP contribution is 2.18. The SMILES string of the molecule is O=C(c1ccc2nc[nH]c2c1)N1CCCN(S(=O)(=O)c2cnc[nH]2)CC1. The third-order valence-electron chi connectivity index (χ3n) is 4.50. The van der Waals surface area contributed by atoms with Crippen molar-refractivity contribution in [3.8, 4) is 0 Å². The number of sulfonamides is 1. The Labute approximate surface area is 150 Å². The van der Waals surface area contributed by atoms with E-state index in [-0.39, 0.29) is 17.5 Å². The summed E-state index contributed by atoms with van der Waals surface area (Å²) in [6.45, 7) is 1.46. The van der Waals surface area contributed by atoms with E-state index in [4.69, 9.17) is 0 Å². The molecule has 2 aromatic heterocycles. The molecule has 0 saturated carbocycles. The van der Waals surface area contributed by atoms with Gasteiger partial charge in [-0.25, -0.2) is 18.4 Å². The third-order valence-corrected chi connectivity index (χ3v) is 6.32. The van der Waals surface area contributed by atoms with Gasteiger partial charge in [0.2, 0.25) is 0 Å². The van der Waals surface area contributed by atoms with Crippen LogP contribution >= 0.6 is 0 Å². The van der Waals surface area contributed by atoms with Gasteiger partial charge in [-0.1, -0.05) is 0 Å². The first-order valence-corrected chi connectivity index (χ1v) is 9.70. The van der Waals surface area contributed by atoms with Crippen LogP contribution in [0.3, 0.4) is 0 Å². The molecule has 1 fully saturated rings. The van der Waals surface area contributed by atoms with Crippen molar-refractivity contribution in [3.63, 3.8) is 0 Å². The second-order valence-electron chi connectivity index (χ2n) is 6.10. The minimum atomic E-state index is -3.61. The van der Waals surface area contributed by atoms with Crippen LogP contribution in [0.25, 0.3) is 11.0 Å². The number of fused-ring (bicyclic) bond motifs is 1. The third kappa shape index (κ3) is 2.97. The van der Waals surface area contributed by atoms with Crippen LogP contribution in [0.5, 0.6) is 0 Å². The van der Waals surface area contributed by atoms with Crippen molar-refractivity contribution in [3.05, 3.63) is 42.6 Å². The molecule has 0 aliphatic carbocycles. The maximum absolute atomic E-state index is 12.8. The van der Waals surface area contributed by atoms with Gasteiger partial charge >= 0.3 is 0 Å². The van der Waals surface area contributed by atoms with Gasteiger partial charge in [-0.3, -0.25) is 4.79 Å². The lowest BCUT2D eigenvalue weighted by Gasteiger charge is -2.21. The summed E-state index contributed by atoms with van der Waals surface area (Å²) in [7, 11) is -3.61. The number of aromatic nitrogens is 4. The van der Waals surface area contributed by atoms with E-state index in [1.165, 1.54) is 16.8 Å². The number of nitrogens with one attached hydrogen (secondary N) is 2. The first kappa shape index (κ1) is 16.7. The lowest BCUT2D eigenvalue weighted by molar-refractivity contribution is 0.0764. The Morgan fingerprint density at radius 2 is 1.96 bits per heavy atom. The fraction of sp³-hybridized carbons (Fsp3) is 0.312. The van der Waals surface area contributed by atoms with Crippen LogP contribution in [0.15, 0.2) is 42.1 Å². The molecule has 26 heavy (non-hydrogen) atoms. The number of benzene rings is 1. The number of aromatic amines is 2. The van der Waals surface area contributed by atoms with E-state index in [0.717, 1.165) is 11.0 Å². The lowest BCUT2D eigenvalue weighted by atomic mass is 10.1. The van der Waals surface area contributed by atoms with Gasteiger partial charge in [0.15, 0.2) is 5.03 Å². The van der Waals surface area contributed by atoms with E-state index < -0.39 is 10.0 Å². The number of imidazole rings is 2. The lowest BCUT2D eigenvalue weighted by Crippen LogP contribution is -2.37. The van der Waals surface area contributed by atoms with Gasteiger partial charge in [0.1, 0.15) is 0 Å². The largest absolute Gasteiger partial charge is 0.345 e. The van der Waals surface area contributed by atoms with E-state index in [1.54, 1.807) is 29.4 Å². The highest BCUT2D eigenvalue weighted by atomic mass is 32.2. The smallest absolute Gasteiger partial charge is 0.260 e. The van der Waals surface area contributed by atoms with Gasteiger partial charge in [0, 0.05) is 31.7 Å². The Balaban J connectivity index is 1.50. The second kappa shape index (κ2) is 6.54. The molecule has 136 valence electrons. The van der Waals surface area contributed by atoms with Crippen molar-refractivity contribution in [1.82, 2.24) is 29.1 Å². The van der Waals surface area contributed by atoms with E-state index >= 15 is 0 Å². The summed E-state index contributed by atoms with van der Waals surface area (Å²) < 4.78 is 26.6. The molecule has 1 aliphatic heterocycles. The molecule has 0 radical (unpaired) electrons. The van der Waals surface area contributed by atoms with Crippen LogP contribution in [-0.4, -0.2) is 69.6 Å². The molecule has 2 N–H and O–H groups in total. The number of carbonyl (C=O) groups is 1. The molecular weight excluding hydrogens is 356 g/mol. The zero-order valence-electron chi connectivity index (χ0n) is 13.9. The first-order chi connectivity index (χ1) is 12.6. The van der Waals surface area contributed by atoms with Gasteiger partial charge in [-0.15, -0.1) is 0 Å². The number of hydrogen-bond donors (Lipinski definition) is 2. The summed E-state index contributed by atoms with van der Waals surface area (Å²) in [5.41, 5.74) is 2.16. The van der Waals surface area contributed by atoms with E-state index in [2.05, 4.69) is 19.9 Å². The highest BCUT2D eigenvalue weighted by Gasteiger charge is 2.29. The Kier molecular flexibility index (Phi) is 4.21. The van der Waals surface area contributed by atoms with Crippen molar-refractivity contribution in [1.29, 1.82) is 0 Å². The molecule has 0 unspecified atom stereocenters. The fourth-order valence-electron chi connectivity index (χ4n) is 3.11. The second-order valence-corrected chi connectivity index (χ2v) is 8.01. The number of H-pyrrole nitrogens is 2. The van der Waals surface area contributed by atoms with Gasteiger partial charge in [-0.2, -0.15) is 4.31 Å². The topological polar surface area (TPSA) is 115 Å². The summed E-state index contributed by atoms with van der Waals surface area (Å²) >= 11 is 0. The van der Waals surface area contributed by atoms with Crippen LogP contribution in [0, 0.1) is 0 Å². The van der Waals surface area contributed by atoms with E-state index in [1.807, 2.05) is 0 Å².